The Morgan fingerprint density at radius 2 is 2.11 bits per heavy atom. The average Bonchev–Trinajstić information content (AvgIpc) is 2.74. The molecule has 104 valence electrons. The van der Waals surface area contributed by atoms with Gasteiger partial charge in [-0.2, -0.15) is 0 Å². The van der Waals surface area contributed by atoms with Gasteiger partial charge in [0.2, 0.25) is 0 Å². The molecule has 2 unspecified atom stereocenters. The van der Waals surface area contributed by atoms with Gasteiger partial charge in [0, 0.05) is 24.2 Å². The van der Waals surface area contributed by atoms with Crippen molar-refractivity contribution in [3.63, 3.8) is 0 Å². The lowest BCUT2D eigenvalue weighted by Crippen LogP contribution is -2.35. The van der Waals surface area contributed by atoms with E-state index < -0.39 is 0 Å². The zero-order valence-electron chi connectivity index (χ0n) is 11.4. The predicted molar refractivity (Wildman–Crippen MR) is 75.7 cm³/mol. The van der Waals surface area contributed by atoms with Gasteiger partial charge < -0.3 is 14.9 Å². The van der Waals surface area contributed by atoms with Gasteiger partial charge in [-0.05, 0) is 38.2 Å². The minimum atomic E-state index is -0.156. The Labute approximate surface area is 118 Å². The van der Waals surface area contributed by atoms with Gasteiger partial charge in [-0.15, -0.1) is 0 Å². The second-order valence-electron chi connectivity index (χ2n) is 5.38. The predicted octanol–water partition coefficient (Wildman–Crippen LogP) is 2.07. The molecule has 2 atom stereocenters. The van der Waals surface area contributed by atoms with Gasteiger partial charge in [-0.3, -0.25) is 4.79 Å². The number of aromatic hydroxyl groups is 1. The van der Waals surface area contributed by atoms with Gasteiger partial charge in [0.05, 0.1) is 5.56 Å². The first-order chi connectivity index (χ1) is 8.90. The van der Waals surface area contributed by atoms with Crippen LogP contribution in [0, 0.1) is 5.92 Å². The van der Waals surface area contributed by atoms with Crippen molar-refractivity contribution >= 4 is 17.5 Å². The van der Waals surface area contributed by atoms with Crippen molar-refractivity contribution in [2.24, 2.45) is 5.92 Å². The molecule has 1 aliphatic rings. The summed E-state index contributed by atoms with van der Waals surface area (Å²) >= 11 is 5.89. The number of hydrogen-bond acceptors (Lipinski definition) is 3. The minimum Gasteiger partial charge on any atom is -0.507 e. The van der Waals surface area contributed by atoms with Crippen LogP contribution in [0.4, 0.5) is 0 Å². The highest BCUT2D eigenvalue weighted by atomic mass is 35.5. The molecule has 1 aromatic carbocycles. The molecular formula is C14H19ClN2O2. The summed E-state index contributed by atoms with van der Waals surface area (Å²) < 4.78 is 0. The third-order valence-electron chi connectivity index (χ3n) is 3.71. The fourth-order valence-electron chi connectivity index (χ4n) is 2.64. The Balaban J connectivity index is 2.19. The lowest BCUT2D eigenvalue weighted by molar-refractivity contribution is 0.0778. The highest BCUT2D eigenvalue weighted by Gasteiger charge is 2.34. The minimum absolute atomic E-state index is 0.0182. The van der Waals surface area contributed by atoms with Crippen LogP contribution in [0.3, 0.4) is 0 Å². The number of nitrogens with zero attached hydrogens (tertiary/aromatic N) is 2. The molecule has 0 bridgehead atoms. The van der Waals surface area contributed by atoms with Gasteiger partial charge in [0.15, 0.2) is 0 Å². The maximum absolute atomic E-state index is 12.4. The Morgan fingerprint density at radius 3 is 2.68 bits per heavy atom. The Hall–Kier alpha value is -1.26. The first-order valence-corrected chi connectivity index (χ1v) is 6.72. The molecule has 1 amide bonds. The molecule has 0 aromatic heterocycles. The van der Waals surface area contributed by atoms with Gasteiger partial charge >= 0.3 is 0 Å². The molecule has 0 saturated carbocycles. The second kappa shape index (κ2) is 5.39. The number of benzene rings is 1. The molecule has 4 nitrogen and oxygen atoms in total. The summed E-state index contributed by atoms with van der Waals surface area (Å²) in [4.78, 5) is 16.3. The molecule has 1 aromatic rings. The zero-order valence-corrected chi connectivity index (χ0v) is 12.2. The summed E-state index contributed by atoms with van der Waals surface area (Å²) in [6.45, 7) is 3.52. The van der Waals surface area contributed by atoms with Crippen molar-refractivity contribution in [1.82, 2.24) is 9.80 Å². The molecule has 5 heteroatoms. The number of halogens is 1. The Bertz CT molecular complexity index is 490. The van der Waals surface area contributed by atoms with E-state index in [9.17, 15) is 9.90 Å². The van der Waals surface area contributed by atoms with Crippen molar-refractivity contribution in [2.75, 3.05) is 27.2 Å². The van der Waals surface area contributed by atoms with E-state index in [-0.39, 0.29) is 17.2 Å². The second-order valence-corrected chi connectivity index (χ2v) is 5.82. The number of amides is 1. The van der Waals surface area contributed by atoms with Crippen LogP contribution >= 0.6 is 11.6 Å². The molecule has 2 rings (SSSR count). The number of carbonyl (C=O) groups is 1. The number of likely N-dealkylation sites (tertiary alicyclic amines) is 1. The smallest absolute Gasteiger partial charge is 0.257 e. The summed E-state index contributed by atoms with van der Waals surface area (Å²) in [5.41, 5.74) is 0.277. The third-order valence-corrected chi connectivity index (χ3v) is 3.95. The summed E-state index contributed by atoms with van der Waals surface area (Å²) in [7, 11) is 4.04. The molecule has 0 radical (unpaired) electrons. The van der Waals surface area contributed by atoms with E-state index in [4.69, 9.17) is 11.6 Å². The summed E-state index contributed by atoms with van der Waals surface area (Å²) in [6.07, 6.45) is 0. The van der Waals surface area contributed by atoms with Crippen LogP contribution in [0.1, 0.15) is 17.3 Å². The molecule has 0 aliphatic carbocycles. The largest absolute Gasteiger partial charge is 0.507 e. The van der Waals surface area contributed by atoms with Crippen LogP contribution in [-0.2, 0) is 0 Å². The van der Waals surface area contributed by atoms with E-state index in [1.165, 1.54) is 12.1 Å². The first kappa shape index (κ1) is 14.2. The molecule has 19 heavy (non-hydrogen) atoms. The van der Waals surface area contributed by atoms with E-state index in [0.29, 0.717) is 30.1 Å². The van der Waals surface area contributed by atoms with E-state index in [0.717, 1.165) is 0 Å². The van der Waals surface area contributed by atoms with Gasteiger partial charge in [-0.25, -0.2) is 0 Å². The number of likely N-dealkylation sites (N-methyl/N-ethyl adjacent to an activating group) is 1. The lowest BCUT2D eigenvalue weighted by Gasteiger charge is -2.22. The first-order valence-electron chi connectivity index (χ1n) is 6.34. The zero-order chi connectivity index (χ0) is 14.2. The van der Waals surface area contributed by atoms with Crippen LogP contribution in [-0.4, -0.2) is 54.0 Å². The highest BCUT2D eigenvalue weighted by Crippen LogP contribution is 2.27. The lowest BCUT2D eigenvalue weighted by atomic mass is 10.1. The Kier molecular flexibility index (Phi) is 4.02. The molecular weight excluding hydrogens is 264 g/mol. The standard InChI is InChI=1S/C14H19ClN2O2/c1-9-7-17(8-12(9)16(2)3)14(19)11-6-10(15)4-5-13(11)18/h4-6,9,12,18H,7-8H2,1-3H3. The van der Waals surface area contributed by atoms with Crippen molar-refractivity contribution in [3.05, 3.63) is 28.8 Å². The maximum Gasteiger partial charge on any atom is 0.257 e. The monoisotopic (exact) mass is 282 g/mol. The average molecular weight is 283 g/mol. The molecule has 1 fully saturated rings. The Morgan fingerprint density at radius 1 is 1.42 bits per heavy atom. The number of carbonyl (C=O) groups excluding carboxylic acids is 1. The van der Waals surface area contributed by atoms with Gasteiger partial charge in [0.1, 0.15) is 5.75 Å². The number of hydrogen-bond donors (Lipinski definition) is 1. The van der Waals surface area contributed by atoms with Crippen molar-refractivity contribution in [2.45, 2.75) is 13.0 Å². The third kappa shape index (κ3) is 2.85. The summed E-state index contributed by atoms with van der Waals surface area (Å²) in [5.74, 6) is 0.242. The van der Waals surface area contributed by atoms with Crippen LogP contribution in [0.2, 0.25) is 5.02 Å². The van der Waals surface area contributed by atoms with Gasteiger partial charge in [0.25, 0.3) is 5.91 Å². The van der Waals surface area contributed by atoms with E-state index in [1.54, 1.807) is 11.0 Å². The molecule has 1 N–H and O–H groups in total. The SMILES string of the molecule is CC1CN(C(=O)c2cc(Cl)ccc2O)CC1N(C)C. The topological polar surface area (TPSA) is 43.8 Å². The summed E-state index contributed by atoms with van der Waals surface area (Å²) in [5, 5.41) is 10.2. The van der Waals surface area contributed by atoms with Crippen LogP contribution in [0.25, 0.3) is 0 Å². The fraction of sp³-hybridized carbons (Fsp3) is 0.500. The van der Waals surface area contributed by atoms with Gasteiger partial charge in [-0.1, -0.05) is 18.5 Å². The van der Waals surface area contributed by atoms with Crippen molar-refractivity contribution < 1.29 is 9.90 Å². The number of phenolic OH excluding ortho intramolecular Hbond substituents is 1. The van der Waals surface area contributed by atoms with Crippen molar-refractivity contribution in [3.8, 4) is 5.75 Å². The molecule has 0 spiro atoms. The quantitative estimate of drug-likeness (QED) is 0.903. The molecule has 1 saturated heterocycles. The van der Waals surface area contributed by atoms with Crippen LogP contribution in [0.15, 0.2) is 18.2 Å². The van der Waals surface area contributed by atoms with Crippen molar-refractivity contribution in [1.29, 1.82) is 0 Å². The van der Waals surface area contributed by atoms with Crippen LogP contribution < -0.4 is 0 Å². The maximum atomic E-state index is 12.4. The van der Waals surface area contributed by atoms with E-state index in [2.05, 4.69) is 11.8 Å². The van der Waals surface area contributed by atoms with Crippen LogP contribution in [0.5, 0.6) is 5.75 Å². The number of phenols is 1. The van der Waals surface area contributed by atoms with E-state index in [1.807, 2.05) is 14.1 Å². The molecule has 1 heterocycles. The molecule has 1 aliphatic heterocycles. The fourth-order valence-corrected chi connectivity index (χ4v) is 2.81. The highest BCUT2D eigenvalue weighted by molar-refractivity contribution is 6.31. The van der Waals surface area contributed by atoms with E-state index >= 15 is 0 Å². The summed E-state index contributed by atoms with van der Waals surface area (Å²) in [6, 6.07) is 4.90. The number of rotatable bonds is 2. The normalized spacial score (nSPS) is 23.1.